The lowest BCUT2D eigenvalue weighted by atomic mass is 10.2. The van der Waals surface area contributed by atoms with E-state index in [9.17, 15) is 4.79 Å². The first kappa shape index (κ1) is 17.5. The van der Waals surface area contributed by atoms with E-state index in [1.54, 1.807) is 23.1 Å². The van der Waals surface area contributed by atoms with Crippen LogP contribution in [-0.4, -0.2) is 39.4 Å². The number of aryl methyl sites for hydroxylation is 1. The standard InChI is InChI=1S/C17H23N5O2Si/c1-12-14(10-22(21-12)11-24-7-8-25(2,3)4)16-19-15-9-18-6-5-13(15)17(23)20-16/h5-6,9-10H,7-8,11H2,1-4H3,(H,19,20,23). The van der Waals surface area contributed by atoms with Crippen LogP contribution in [0.5, 0.6) is 0 Å². The van der Waals surface area contributed by atoms with E-state index in [0.717, 1.165) is 23.9 Å². The van der Waals surface area contributed by atoms with E-state index < -0.39 is 8.07 Å². The highest BCUT2D eigenvalue weighted by Gasteiger charge is 2.14. The van der Waals surface area contributed by atoms with Crippen molar-refractivity contribution in [1.29, 1.82) is 0 Å². The van der Waals surface area contributed by atoms with E-state index in [4.69, 9.17) is 4.74 Å². The van der Waals surface area contributed by atoms with Crippen LogP contribution < -0.4 is 5.56 Å². The van der Waals surface area contributed by atoms with Crippen LogP contribution in [-0.2, 0) is 11.5 Å². The van der Waals surface area contributed by atoms with Crippen molar-refractivity contribution in [3.8, 4) is 11.4 Å². The van der Waals surface area contributed by atoms with Crippen molar-refractivity contribution in [2.24, 2.45) is 0 Å². The van der Waals surface area contributed by atoms with Crippen molar-refractivity contribution in [1.82, 2.24) is 24.7 Å². The molecule has 25 heavy (non-hydrogen) atoms. The Morgan fingerprint density at radius 2 is 2.12 bits per heavy atom. The molecule has 7 nitrogen and oxygen atoms in total. The maximum absolute atomic E-state index is 12.2. The lowest BCUT2D eigenvalue weighted by molar-refractivity contribution is 0.0784. The Hall–Kier alpha value is -2.32. The number of nitrogens with one attached hydrogen (secondary N) is 1. The number of nitrogens with zero attached hydrogens (tertiary/aromatic N) is 4. The summed E-state index contributed by atoms with van der Waals surface area (Å²) in [4.78, 5) is 23.6. The minimum Gasteiger partial charge on any atom is -0.360 e. The average molecular weight is 357 g/mol. The molecule has 0 aromatic carbocycles. The largest absolute Gasteiger partial charge is 0.360 e. The van der Waals surface area contributed by atoms with Crippen molar-refractivity contribution in [3.05, 3.63) is 40.7 Å². The van der Waals surface area contributed by atoms with Crippen molar-refractivity contribution in [3.63, 3.8) is 0 Å². The van der Waals surface area contributed by atoms with Crippen LogP contribution in [0.3, 0.4) is 0 Å². The van der Waals surface area contributed by atoms with Gasteiger partial charge in [-0.15, -0.1) is 0 Å². The highest BCUT2D eigenvalue weighted by atomic mass is 28.3. The molecular weight excluding hydrogens is 334 g/mol. The summed E-state index contributed by atoms with van der Waals surface area (Å²) in [7, 11) is -1.10. The number of hydrogen-bond acceptors (Lipinski definition) is 5. The highest BCUT2D eigenvalue weighted by Crippen LogP contribution is 2.19. The van der Waals surface area contributed by atoms with Crippen molar-refractivity contribution in [2.75, 3.05) is 6.61 Å². The van der Waals surface area contributed by atoms with E-state index in [1.807, 2.05) is 13.1 Å². The first-order chi connectivity index (χ1) is 11.8. The van der Waals surface area contributed by atoms with Gasteiger partial charge in [0.2, 0.25) is 0 Å². The van der Waals surface area contributed by atoms with Crippen molar-refractivity contribution < 1.29 is 4.74 Å². The molecule has 3 heterocycles. The highest BCUT2D eigenvalue weighted by molar-refractivity contribution is 6.76. The van der Waals surface area contributed by atoms with Gasteiger partial charge >= 0.3 is 0 Å². The fourth-order valence-electron chi connectivity index (χ4n) is 2.47. The number of H-pyrrole nitrogens is 1. The minimum atomic E-state index is -1.10. The van der Waals surface area contributed by atoms with Crippen LogP contribution in [0.1, 0.15) is 5.69 Å². The molecule has 0 radical (unpaired) electrons. The number of ether oxygens (including phenoxy) is 1. The third-order valence-corrected chi connectivity index (χ3v) is 5.63. The van der Waals surface area contributed by atoms with Crippen molar-refractivity contribution >= 4 is 19.0 Å². The third kappa shape index (κ3) is 4.20. The summed E-state index contributed by atoms with van der Waals surface area (Å²) < 4.78 is 7.47. The quantitative estimate of drug-likeness (QED) is 0.541. The molecule has 0 aliphatic heterocycles. The Morgan fingerprint density at radius 1 is 1.32 bits per heavy atom. The van der Waals surface area contributed by atoms with E-state index >= 15 is 0 Å². The first-order valence-corrected chi connectivity index (χ1v) is 12.0. The second-order valence-corrected chi connectivity index (χ2v) is 12.9. The van der Waals surface area contributed by atoms with Gasteiger partial charge in [-0.2, -0.15) is 5.10 Å². The number of aromatic amines is 1. The molecule has 0 unspecified atom stereocenters. The fraction of sp³-hybridized carbons (Fsp3) is 0.412. The molecule has 132 valence electrons. The SMILES string of the molecule is Cc1nn(COCC[Si](C)(C)C)cc1-c1nc2cnccc2c(=O)[nH]1. The summed E-state index contributed by atoms with van der Waals surface area (Å²) in [6.07, 6.45) is 5.03. The van der Waals surface area contributed by atoms with Gasteiger partial charge in [0.15, 0.2) is 0 Å². The Balaban J connectivity index is 1.80. The van der Waals surface area contributed by atoms with Crippen LogP contribution in [0.15, 0.2) is 29.5 Å². The zero-order valence-electron chi connectivity index (χ0n) is 15.0. The topological polar surface area (TPSA) is 85.7 Å². The van der Waals surface area contributed by atoms with Gasteiger partial charge in [0.25, 0.3) is 5.56 Å². The van der Waals surface area contributed by atoms with Crippen LogP contribution in [0.4, 0.5) is 0 Å². The van der Waals surface area contributed by atoms with Crippen molar-refractivity contribution in [2.45, 2.75) is 39.3 Å². The predicted octanol–water partition coefficient (Wildman–Crippen LogP) is 2.80. The first-order valence-electron chi connectivity index (χ1n) is 8.30. The fourth-order valence-corrected chi connectivity index (χ4v) is 3.23. The Morgan fingerprint density at radius 3 is 2.88 bits per heavy atom. The molecule has 1 N–H and O–H groups in total. The second kappa shape index (κ2) is 6.89. The van der Waals surface area contributed by atoms with Gasteiger partial charge in [0.05, 0.1) is 28.4 Å². The molecule has 3 aromatic rings. The van der Waals surface area contributed by atoms with Gasteiger partial charge < -0.3 is 9.72 Å². The zero-order valence-corrected chi connectivity index (χ0v) is 16.0. The normalized spacial score (nSPS) is 12.0. The summed E-state index contributed by atoms with van der Waals surface area (Å²) in [5.41, 5.74) is 1.97. The molecule has 8 heteroatoms. The molecule has 0 amide bonds. The smallest absolute Gasteiger partial charge is 0.259 e. The molecule has 0 aliphatic rings. The number of hydrogen-bond donors (Lipinski definition) is 1. The van der Waals surface area contributed by atoms with Gasteiger partial charge in [-0.25, -0.2) is 9.67 Å². The average Bonchev–Trinajstić information content (AvgIpc) is 2.91. The Bertz CT molecular complexity index is 942. The van der Waals surface area contributed by atoms with Crippen LogP contribution in [0, 0.1) is 6.92 Å². The van der Waals surface area contributed by atoms with Gasteiger partial charge in [0.1, 0.15) is 12.6 Å². The molecule has 0 saturated carbocycles. The maximum atomic E-state index is 12.2. The summed E-state index contributed by atoms with van der Waals surface area (Å²) >= 11 is 0. The van der Waals surface area contributed by atoms with Gasteiger partial charge in [-0.05, 0) is 19.0 Å². The number of aromatic nitrogens is 5. The molecule has 0 atom stereocenters. The number of fused-ring (bicyclic) bond motifs is 1. The van der Waals surface area contributed by atoms with E-state index in [1.165, 1.54) is 0 Å². The summed E-state index contributed by atoms with van der Waals surface area (Å²) in [6.45, 7) is 9.99. The molecule has 3 rings (SSSR count). The van der Waals surface area contributed by atoms with Gasteiger partial charge in [-0.3, -0.25) is 9.78 Å². The number of rotatable bonds is 6. The van der Waals surface area contributed by atoms with Crippen LogP contribution in [0.25, 0.3) is 22.3 Å². The van der Waals surface area contributed by atoms with E-state index in [2.05, 4.69) is 39.7 Å². The monoisotopic (exact) mass is 357 g/mol. The zero-order chi connectivity index (χ0) is 18.0. The minimum absolute atomic E-state index is 0.180. The lowest BCUT2D eigenvalue weighted by Crippen LogP contribution is -2.22. The summed E-state index contributed by atoms with van der Waals surface area (Å²) in [5, 5.41) is 4.98. The predicted molar refractivity (Wildman–Crippen MR) is 100 cm³/mol. The van der Waals surface area contributed by atoms with Gasteiger partial charge in [-0.1, -0.05) is 19.6 Å². The molecule has 0 bridgehead atoms. The summed E-state index contributed by atoms with van der Waals surface area (Å²) in [6, 6.07) is 2.78. The summed E-state index contributed by atoms with van der Waals surface area (Å²) in [5.74, 6) is 0.497. The Labute approximate surface area is 147 Å². The van der Waals surface area contributed by atoms with E-state index in [0.29, 0.717) is 23.5 Å². The molecule has 0 saturated heterocycles. The molecular formula is C17H23N5O2Si. The van der Waals surface area contributed by atoms with Gasteiger partial charge in [0, 0.05) is 27.1 Å². The molecule has 0 fully saturated rings. The third-order valence-electron chi connectivity index (χ3n) is 3.93. The second-order valence-electron chi connectivity index (χ2n) is 7.32. The van der Waals surface area contributed by atoms with Crippen LogP contribution >= 0.6 is 0 Å². The number of pyridine rings is 1. The molecule has 0 spiro atoms. The maximum Gasteiger partial charge on any atom is 0.259 e. The Kier molecular flexibility index (Phi) is 4.82. The van der Waals surface area contributed by atoms with Crippen LogP contribution in [0.2, 0.25) is 25.7 Å². The molecule has 0 aliphatic carbocycles. The molecule has 3 aromatic heterocycles. The lowest BCUT2D eigenvalue weighted by Gasteiger charge is -2.15. The van der Waals surface area contributed by atoms with E-state index in [-0.39, 0.29) is 5.56 Å².